The molecule has 0 atom stereocenters. The maximum absolute atomic E-state index is 3.80. The smallest absolute Gasteiger partial charge is 0.0571 e. The van der Waals surface area contributed by atoms with Crippen molar-refractivity contribution in [1.82, 2.24) is 9.55 Å². The van der Waals surface area contributed by atoms with Crippen molar-refractivity contribution in [3.63, 3.8) is 0 Å². The van der Waals surface area contributed by atoms with Crippen LogP contribution in [-0.2, 0) is 6.54 Å². The van der Waals surface area contributed by atoms with Crippen molar-refractivity contribution in [3.05, 3.63) is 170 Å². The van der Waals surface area contributed by atoms with Crippen LogP contribution in [0.1, 0.15) is 6.92 Å². The third-order valence-corrected chi connectivity index (χ3v) is 11.3. The van der Waals surface area contributed by atoms with Crippen LogP contribution in [0.15, 0.2) is 170 Å². The van der Waals surface area contributed by atoms with Gasteiger partial charge in [0.05, 0.1) is 11.0 Å². The van der Waals surface area contributed by atoms with Crippen molar-refractivity contribution in [2.75, 3.05) is 0 Å². The highest BCUT2D eigenvalue weighted by atomic mass is 15.0. The van der Waals surface area contributed by atoms with Crippen molar-refractivity contribution < 1.29 is 0 Å². The van der Waals surface area contributed by atoms with Gasteiger partial charge in [-0.1, -0.05) is 152 Å². The topological polar surface area (TPSA) is 20.7 Å². The van der Waals surface area contributed by atoms with Crippen molar-refractivity contribution >= 4 is 75.9 Å². The van der Waals surface area contributed by atoms with E-state index in [2.05, 4.69) is 186 Å². The number of nitrogens with zero attached hydrogens (tertiary/aromatic N) is 1. The van der Waals surface area contributed by atoms with Gasteiger partial charge in [0.2, 0.25) is 0 Å². The standard InChI is InChI=1S/C50H34N2/c1-2-52-47-29-8-6-18-36(47)43-27-13-26-42(50(43)52)34-20-11-23-39-45(34)30-44-33(40-24-12-25-41-35-17-5-7-28-46(35)51-49(40)41)19-10-22-38(44)48(39)37-21-9-15-31-14-3-4-16-32(31)37/h3-30,51H,2H2,1H3. The normalized spacial score (nSPS) is 12.0. The molecule has 0 aliphatic rings. The molecule has 0 aliphatic carbocycles. The van der Waals surface area contributed by atoms with E-state index in [1.165, 1.54) is 104 Å². The number of aromatic amines is 1. The Morgan fingerprint density at radius 3 is 1.73 bits per heavy atom. The lowest BCUT2D eigenvalue weighted by Gasteiger charge is -2.19. The molecule has 2 aromatic heterocycles. The minimum atomic E-state index is 0.897. The largest absolute Gasteiger partial charge is 0.354 e. The van der Waals surface area contributed by atoms with Crippen molar-refractivity contribution in [3.8, 4) is 33.4 Å². The molecule has 244 valence electrons. The predicted octanol–water partition coefficient (Wildman–Crippen LogP) is 13.9. The van der Waals surface area contributed by atoms with Crippen LogP contribution < -0.4 is 0 Å². The molecule has 0 unspecified atom stereocenters. The van der Waals surface area contributed by atoms with Crippen molar-refractivity contribution in [1.29, 1.82) is 0 Å². The van der Waals surface area contributed by atoms with E-state index in [0.717, 1.165) is 12.1 Å². The van der Waals surface area contributed by atoms with E-state index in [-0.39, 0.29) is 0 Å². The monoisotopic (exact) mass is 662 g/mol. The summed E-state index contributed by atoms with van der Waals surface area (Å²) >= 11 is 0. The molecular weight excluding hydrogens is 629 g/mol. The summed E-state index contributed by atoms with van der Waals surface area (Å²) in [5.74, 6) is 0. The number of nitrogens with one attached hydrogen (secondary N) is 1. The van der Waals surface area contributed by atoms with E-state index in [1.54, 1.807) is 0 Å². The van der Waals surface area contributed by atoms with Gasteiger partial charge in [-0.2, -0.15) is 0 Å². The molecule has 0 saturated carbocycles. The molecule has 9 aromatic carbocycles. The van der Waals surface area contributed by atoms with Gasteiger partial charge < -0.3 is 9.55 Å². The third kappa shape index (κ3) is 4.06. The summed E-state index contributed by atoms with van der Waals surface area (Å²) < 4.78 is 2.49. The van der Waals surface area contributed by atoms with Crippen molar-refractivity contribution in [2.24, 2.45) is 0 Å². The SMILES string of the molecule is CCn1c2ccccc2c2cccc(-c3cccc4c(-c5cccc6ccccc56)c5cccc(-c6cccc7c6[nH]c6ccccc67)c5cc34)c21. The second-order valence-corrected chi connectivity index (χ2v) is 13.9. The van der Waals surface area contributed by atoms with Gasteiger partial charge >= 0.3 is 0 Å². The van der Waals surface area contributed by atoms with E-state index in [1.807, 2.05) is 0 Å². The Kier molecular flexibility index (Phi) is 6.26. The lowest BCUT2D eigenvalue weighted by molar-refractivity contribution is 0.828. The molecule has 0 amide bonds. The number of benzene rings is 9. The number of hydrogen-bond acceptors (Lipinski definition) is 0. The Bertz CT molecular complexity index is 3220. The van der Waals surface area contributed by atoms with Crippen LogP contribution in [0.4, 0.5) is 0 Å². The van der Waals surface area contributed by atoms with E-state index in [4.69, 9.17) is 0 Å². The lowest BCUT2D eigenvalue weighted by Crippen LogP contribution is -1.96. The van der Waals surface area contributed by atoms with Crippen molar-refractivity contribution in [2.45, 2.75) is 13.5 Å². The Labute approximate surface area is 301 Å². The van der Waals surface area contributed by atoms with Gasteiger partial charge in [0, 0.05) is 50.2 Å². The first kappa shape index (κ1) is 29.1. The van der Waals surface area contributed by atoms with Crippen LogP contribution in [0, 0.1) is 0 Å². The molecule has 11 aromatic rings. The maximum atomic E-state index is 3.80. The minimum Gasteiger partial charge on any atom is -0.354 e. The van der Waals surface area contributed by atoms with E-state index >= 15 is 0 Å². The molecule has 0 spiro atoms. The number of fused-ring (bicyclic) bond motifs is 9. The lowest BCUT2D eigenvalue weighted by atomic mass is 9.84. The Balaban J connectivity index is 1.31. The van der Waals surface area contributed by atoms with E-state index < -0.39 is 0 Å². The summed E-state index contributed by atoms with van der Waals surface area (Å²) in [6, 6.07) is 62.8. The number of H-pyrrole nitrogens is 1. The second-order valence-electron chi connectivity index (χ2n) is 13.9. The fraction of sp³-hybridized carbons (Fsp3) is 0.0400. The molecular formula is C50H34N2. The molecule has 11 rings (SSSR count). The Morgan fingerprint density at radius 1 is 0.404 bits per heavy atom. The first-order chi connectivity index (χ1) is 25.8. The zero-order chi connectivity index (χ0) is 34.3. The van der Waals surface area contributed by atoms with Gasteiger partial charge in [-0.3, -0.25) is 0 Å². The fourth-order valence-corrected chi connectivity index (χ4v) is 9.12. The molecule has 0 saturated heterocycles. The van der Waals surface area contributed by atoms with E-state index in [0.29, 0.717) is 0 Å². The van der Waals surface area contributed by atoms with Crippen LogP contribution in [0.3, 0.4) is 0 Å². The molecule has 0 aliphatic heterocycles. The highest BCUT2D eigenvalue weighted by Gasteiger charge is 2.21. The average molecular weight is 663 g/mol. The predicted molar refractivity (Wildman–Crippen MR) is 223 cm³/mol. The minimum absolute atomic E-state index is 0.897. The molecule has 52 heavy (non-hydrogen) atoms. The molecule has 0 bridgehead atoms. The zero-order valence-corrected chi connectivity index (χ0v) is 28.8. The summed E-state index contributed by atoms with van der Waals surface area (Å²) in [7, 11) is 0. The maximum Gasteiger partial charge on any atom is 0.0571 e. The molecule has 0 fully saturated rings. The molecule has 2 nitrogen and oxygen atoms in total. The summed E-state index contributed by atoms with van der Waals surface area (Å²) in [5.41, 5.74) is 12.4. The Morgan fingerprint density at radius 2 is 0.942 bits per heavy atom. The quantitative estimate of drug-likeness (QED) is 0.181. The summed E-state index contributed by atoms with van der Waals surface area (Å²) in [6.07, 6.45) is 0. The zero-order valence-electron chi connectivity index (χ0n) is 28.8. The first-order valence-corrected chi connectivity index (χ1v) is 18.3. The summed E-state index contributed by atoms with van der Waals surface area (Å²) in [6.45, 7) is 3.16. The van der Waals surface area contributed by atoms with Gasteiger partial charge in [-0.25, -0.2) is 0 Å². The number of para-hydroxylation sites is 4. The van der Waals surface area contributed by atoms with Crippen LogP contribution >= 0.6 is 0 Å². The fourth-order valence-electron chi connectivity index (χ4n) is 9.12. The second kappa shape index (κ2) is 11.2. The number of aryl methyl sites for hydroxylation is 1. The van der Waals surface area contributed by atoms with Crippen LogP contribution in [0.5, 0.6) is 0 Å². The van der Waals surface area contributed by atoms with Crippen LogP contribution in [-0.4, -0.2) is 9.55 Å². The van der Waals surface area contributed by atoms with Gasteiger partial charge in [-0.05, 0) is 79.7 Å². The average Bonchev–Trinajstić information content (AvgIpc) is 3.75. The van der Waals surface area contributed by atoms with Crippen LogP contribution in [0.25, 0.3) is 109 Å². The highest BCUT2D eigenvalue weighted by Crippen LogP contribution is 2.47. The molecule has 0 radical (unpaired) electrons. The van der Waals surface area contributed by atoms with Gasteiger partial charge in [0.15, 0.2) is 0 Å². The number of rotatable bonds is 4. The summed E-state index contributed by atoms with van der Waals surface area (Å²) in [4.78, 5) is 3.80. The highest BCUT2D eigenvalue weighted by molar-refractivity contribution is 6.24. The van der Waals surface area contributed by atoms with Gasteiger partial charge in [-0.15, -0.1) is 0 Å². The molecule has 1 N–H and O–H groups in total. The summed E-state index contributed by atoms with van der Waals surface area (Å²) in [5, 5.41) is 12.6. The number of hydrogen-bond donors (Lipinski definition) is 1. The van der Waals surface area contributed by atoms with Crippen LogP contribution in [0.2, 0.25) is 0 Å². The molecule has 2 heteroatoms. The van der Waals surface area contributed by atoms with Gasteiger partial charge in [0.25, 0.3) is 0 Å². The first-order valence-electron chi connectivity index (χ1n) is 18.3. The third-order valence-electron chi connectivity index (χ3n) is 11.3. The number of aromatic nitrogens is 2. The van der Waals surface area contributed by atoms with E-state index in [9.17, 15) is 0 Å². The van der Waals surface area contributed by atoms with Gasteiger partial charge in [0.1, 0.15) is 0 Å². The Hall–Kier alpha value is -6.64. The molecule has 2 heterocycles.